The van der Waals surface area contributed by atoms with Gasteiger partial charge in [0.1, 0.15) is 0 Å². The Morgan fingerprint density at radius 2 is 2.06 bits per heavy atom. The molecule has 1 aliphatic rings. The molecule has 0 amide bonds. The molecule has 90 valence electrons. The van der Waals surface area contributed by atoms with Gasteiger partial charge in [-0.15, -0.1) is 5.50 Å². The van der Waals surface area contributed by atoms with E-state index in [0.29, 0.717) is 21.0 Å². The number of anilines is 1. The molecule has 1 saturated heterocycles. The first-order chi connectivity index (χ1) is 8.19. The number of nitrogens with one attached hydrogen (secondary N) is 1. The van der Waals surface area contributed by atoms with Gasteiger partial charge in [-0.1, -0.05) is 0 Å². The highest BCUT2D eigenvalue weighted by Crippen LogP contribution is 2.17. The maximum absolute atomic E-state index is 4.31. The molecule has 0 radical (unpaired) electrons. The largest absolute Gasteiger partial charge is 0.367 e. The van der Waals surface area contributed by atoms with Crippen LogP contribution >= 0.6 is 0 Å². The fourth-order valence-corrected chi connectivity index (χ4v) is 2.78. The van der Waals surface area contributed by atoms with Crippen LogP contribution in [-0.4, -0.2) is 39.1 Å². The maximum Gasteiger partial charge on any atom is 0.0566 e. The molecule has 3 nitrogen and oxygen atoms in total. The maximum atomic E-state index is 4.31. The van der Waals surface area contributed by atoms with Gasteiger partial charge in [0.05, 0.1) is 11.9 Å². The Balaban J connectivity index is 2.20. The number of piperazine rings is 1. The summed E-state index contributed by atoms with van der Waals surface area (Å²) in [6, 6.07) is 3.25. The molecule has 1 aliphatic heterocycles. The minimum Gasteiger partial charge on any atom is -0.367 e. The quantitative estimate of drug-likeness (QED) is 0.757. The fourth-order valence-electron chi connectivity index (χ4n) is 2.35. The van der Waals surface area contributed by atoms with E-state index in [1.54, 1.807) is 0 Å². The highest BCUT2D eigenvalue weighted by molar-refractivity contribution is 6.22. The van der Waals surface area contributed by atoms with Gasteiger partial charge in [0.25, 0.3) is 0 Å². The zero-order valence-corrected chi connectivity index (χ0v) is 11.7. The Morgan fingerprint density at radius 3 is 2.71 bits per heavy atom. The second-order valence-corrected chi connectivity index (χ2v) is 5.43. The van der Waals surface area contributed by atoms with Crippen LogP contribution in [0, 0.1) is 5.50 Å². The first kappa shape index (κ1) is 12.4. The molecule has 0 aromatic carbocycles. The summed E-state index contributed by atoms with van der Waals surface area (Å²) >= 11 is 0. The lowest BCUT2D eigenvalue weighted by molar-refractivity contribution is 0.407. The molecule has 1 N–H and O–H groups in total. The van der Waals surface area contributed by atoms with Crippen LogP contribution in [0.15, 0.2) is 18.5 Å². The predicted octanol–water partition coefficient (Wildman–Crippen LogP) is 1.33. The van der Waals surface area contributed by atoms with Crippen LogP contribution in [0.3, 0.4) is 0 Å². The third-order valence-corrected chi connectivity index (χ3v) is 3.45. The topological polar surface area (TPSA) is 28.2 Å². The first-order valence-corrected chi connectivity index (χ1v) is 7.58. The summed E-state index contributed by atoms with van der Waals surface area (Å²) in [6.45, 7) is 8.67. The monoisotopic (exact) mass is 245 g/mol. The van der Waals surface area contributed by atoms with Crippen molar-refractivity contribution in [3.63, 3.8) is 0 Å². The molecule has 2 atom stereocenters. The summed E-state index contributed by atoms with van der Waals surface area (Å²) in [6.07, 6.45) is 3.84. The lowest BCUT2D eigenvalue weighted by Crippen LogP contribution is -2.54. The van der Waals surface area contributed by atoms with E-state index in [1.807, 2.05) is 12.4 Å². The van der Waals surface area contributed by atoms with Crippen LogP contribution in [0.5, 0.6) is 0 Å². The Labute approximate surface area is 105 Å². The van der Waals surface area contributed by atoms with Gasteiger partial charge >= 0.3 is 0 Å². The van der Waals surface area contributed by atoms with Crippen molar-refractivity contribution < 1.29 is 0 Å². The summed E-state index contributed by atoms with van der Waals surface area (Å²) in [5.41, 5.74) is 5.66. The molecule has 4 heteroatoms. The van der Waals surface area contributed by atoms with Crippen LogP contribution in [-0.2, 0) is 0 Å². The number of hydrogen-bond donors (Lipinski definition) is 1. The SMILES string of the molecule is C[Si]#Cc1cncc(N2CC(C)NC(C)C2)c1. The predicted molar refractivity (Wildman–Crippen MR) is 73.1 cm³/mol. The summed E-state index contributed by atoms with van der Waals surface area (Å²) in [7, 11) is 0.710. The molecule has 2 unspecified atom stereocenters. The number of hydrogen-bond acceptors (Lipinski definition) is 3. The number of pyridine rings is 1. The molecule has 2 heterocycles. The third-order valence-electron chi connectivity index (χ3n) is 2.92. The van der Waals surface area contributed by atoms with Gasteiger partial charge in [0.2, 0.25) is 0 Å². The van der Waals surface area contributed by atoms with Crippen LogP contribution in [0.2, 0.25) is 6.55 Å². The number of nitrogens with zero attached hydrogens (tertiary/aromatic N) is 2. The van der Waals surface area contributed by atoms with Crippen molar-refractivity contribution in [1.29, 1.82) is 0 Å². The fraction of sp³-hybridized carbons (Fsp3) is 0.538. The third kappa shape index (κ3) is 3.19. The number of aromatic nitrogens is 1. The van der Waals surface area contributed by atoms with Gasteiger partial charge in [-0.2, -0.15) is 0 Å². The summed E-state index contributed by atoms with van der Waals surface area (Å²) in [5, 5.41) is 3.54. The van der Waals surface area contributed by atoms with E-state index in [-0.39, 0.29) is 0 Å². The molecule has 1 aromatic heterocycles. The van der Waals surface area contributed by atoms with Crippen molar-refractivity contribution in [2.45, 2.75) is 32.5 Å². The van der Waals surface area contributed by atoms with Crippen molar-refractivity contribution in [2.24, 2.45) is 0 Å². The highest BCUT2D eigenvalue weighted by Gasteiger charge is 2.21. The van der Waals surface area contributed by atoms with Gasteiger partial charge in [0.15, 0.2) is 0 Å². The number of rotatable bonds is 1. The Morgan fingerprint density at radius 1 is 1.35 bits per heavy atom. The van der Waals surface area contributed by atoms with Gasteiger partial charge in [-0.05, 0) is 35.4 Å². The van der Waals surface area contributed by atoms with E-state index in [4.69, 9.17) is 0 Å². The Hall–Kier alpha value is -1.09. The molecule has 1 aromatic rings. The normalized spacial score (nSPS) is 24.1. The van der Waals surface area contributed by atoms with Gasteiger partial charge in [-0.25, -0.2) is 0 Å². The summed E-state index contributed by atoms with van der Waals surface area (Å²) in [5.74, 6) is 0. The Bertz CT molecular complexity index is 439. The Kier molecular flexibility index (Phi) is 4.00. The zero-order valence-electron chi connectivity index (χ0n) is 10.7. The van der Waals surface area contributed by atoms with E-state index in [1.165, 1.54) is 5.69 Å². The van der Waals surface area contributed by atoms with E-state index in [9.17, 15) is 0 Å². The van der Waals surface area contributed by atoms with Crippen LogP contribution in [0.1, 0.15) is 19.4 Å². The van der Waals surface area contributed by atoms with Gasteiger partial charge in [-0.3, -0.25) is 4.98 Å². The van der Waals surface area contributed by atoms with Crippen LogP contribution < -0.4 is 10.2 Å². The molecule has 1 fully saturated rings. The molecule has 2 rings (SSSR count). The van der Waals surface area contributed by atoms with Crippen LogP contribution in [0.4, 0.5) is 5.69 Å². The molecular formula is C13H19N3Si. The molecular weight excluding hydrogens is 226 g/mol. The van der Waals surface area contributed by atoms with Crippen LogP contribution in [0.25, 0.3) is 0 Å². The second kappa shape index (κ2) is 5.49. The van der Waals surface area contributed by atoms with Gasteiger partial charge < -0.3 is 10.2 Å². The molecule has 0 saturated carbocycles. The molecule has 0 bridgehead atoms. The van der Waals surface area contributed by atoms with Crippen molar-refractivity contribution in [1.82, 2.24) is 10.3 Å². The molecule has 0 aliphatic carbocycles. The van der Waals surface area contributed by atoms with E-state index in [0.717, 1.165) is 18.7 Å². The van der Waals surface area contributed by atoms with Gasteiger partial charge in [0, 0.05) is 36.9 Å². The first-order valence-electron chi connectivity index (χ1n) is 6.08. The molecule has 17 heavy (non-hydrogen) atoms. The van der Waals surface area contributed by atoms with Crippen molar-refractivity contribution in [2.75, 3.05) is 18.0 Å². The molecule has 0 spiro atoms. The van der Waals surface area contributed by atoms with Crippen molar-refractivity contribution >= 4 is 14.6 Å². The van der Waals surface area contributed by atoms with E-state index in [2.05, 4.69) is 47.2 Å². The van der Waals surface area contributed by atoms with E-state index >= 15 is 0 Å². The standard InChI is InChI=1S/C13H19N3Si/c1-10-7-16(8-11(2)15-10)13-4-12(9-17-3)5-14-6-13/h4-6,10-11,15H,7-8H2,1-3H3. The minimum absolute atomic E-state index is 0.531. The minimum atomic E-state index is 0.531. The lowest BCUT2D eigenvalue weighted by atomic mass is 10.1. The zero-order chi connectivity index (χ0) is 12.3. The smallest absolute Gasteiger partial charge is 0.0566 e. The highest BCUT2D eigenvalue weighted by atomic mass is 28.2. The summed E-state index contributed by atoms with van der Waals surface area (Å²) in [4.78, 5) is 6.71. The van der Waals surface area contributed by atoms with E-state index < -0.39 is 0 Å². The average Bonchev–Trinajstić information content (AvgIpc) is 2.28. The average molecular weight is 245 g/mol. The van der Waals surface area contributed by atoms with Crippen molar-refractivity contribution in [3.8, 4) is 5.50 Å². The lowest BCUT2D eigenvalue weighted by Gasteiger charge is -2.37. The second-order valence-electron chi connectivity index (χ2n) is 4.68. The summed E-state index contributed by atoms with van der Waals surface area (Å²) < 4.78 is 0. The van der Waals surface area contributed by atoms with Crippen molar-refractivity contribution in [3.05, 3.63) is 24.0 Å².